The van der Waals surface area contributed by atoms with Crippen LogP contribution in [0.1, 0.15) is 40.9 Å². The van der Waals surface area contributed by atoms with Crippen LogP contribution in [-0.2, 0) is 18.3 Å². The quantitative estimate of drug-likeness (QED) is 0.801. The summed E-state index contributed by atoms with van der Waals surface area (Å²) >= 11 is 0. The van der Waals surface area contributed by atoms with Crippen LogP contribution in [0.15, 0.2) is 24.4 Å². The zero-order valence-corrected chi connectivity index (χ0v) is 15.8. The zero-order chi connectivity index (χ0) is 18.6. The second-order valence-electron chi connectivity index (χ2n) is 7.23. The van der Waals surface area contributed by atoms with Gasteiger partial charge < -0.3 is 14.2 Å². The summed E-state index contributed by atoms with van der Waals surface area (Å²) < 4.78 is 7.52. The molecule has 1 amide bonds. The number of rotatable bonds is 4. The van der Waals surface area contributed by atoms with Crippen LogP contribution < -0.4 is 0 Å². The van der Waals surface area contributed by atoms with Crippen molar-refractivity contribution in [3.8, 4) is 0 Å². The Bertz CT molecular complexity index is 772. The smallest absolute Gasteiger partial charge is 0.272 e. The van der Waals surface area contributed by atoms with Crippen molar-refractivity contribution < 1.29 is 9.53 Å². The molecule has 2 fully saturated rings. The molecule has 1 atom stereocenters. The van der Waals surface area contributed by atoms with Gasteiger partial charge in [0.1, 0.15) is 17.3 Å². The second-order valence-corrected chi connectivity index (χ2v) is 7.23. The minimum absolute atomic E-state index is 0.00370. The van der Waals surface area contributed by atoms with Gasteiger partial charge in [-0.25, -0.2) is 0 Å². The topological polar surface area (TPSA) is 76.4 Å². The molecule has 0 radical (unpaired) electrons. The number of hydrogen-bond donors (Lipinski definition) is 0. The van der Waals surface area contributed by atoms with Crippen molar-refractivity contribution in [1.82, 2.24) is 29.5 Å². The number of piperidine rings is 1. The lowest BCUT2D eigenvalue weighted by Gasteiger charge is -2.32. The number of aromatic nitrogens is 4. The zero-order valence-electron chi connectivity index (χ0n) is 15.8. The Morgan fingerprint density at radius 3 is 2.85 bits per heavy atom. The van der Waals surface area contributed by atoms with E-state index < -0.39 is 0 Å². The Morgan fingerprint density at radius 1 is 1.22 bits per heavy atom. The maximum absolute atomic E-state index is 12.7. The van der Waals surface area contributed by atoms with Crippen LogP contribution in [0.25, 0.3) is 0 Å². The van der Waals surface area contributed by atoms with Crippen LogP contribution in [0.2, 0.25) is 0 Å². The van der Waals surface area contributed by atoms with Gasteiger partial charge in [0, 0.05) is 45.3 Å². The van der Waals surface area contributed by atoms with Gasteiger partial charge in [-0.15, -0.1) is 10.2 Å². The molecule has 8 nitrogen and oxygen atoms in total. The van der Waals surface area contributed by atoms with Gasteiger partial charge in [-0.3, -0.25) is 14.7 Å². The van der Waals surface area contributed by atoms with E-state index in [4.69, 9.17) is 4.74 Å². The fourth-order valence-corrected chi connectivity index (χ4v) is 3.85. The highest BCUT2D eigenvalue weighted by Gasteiger charge is 2.29. The van der Waals surface area contributed by atoms with Gasteiger partial charge >= 0.3 is 0 Å². The fraction of sp³-hybridized carbons (Fsp3) is 0.579. The van der Waals surface area contributed by atoms with E-state index in [0.29, 0.717) is 12.2 Å². The van der Waals surface area contributed by atoms with Crippen molar-refractivity contribution in [1.29, 1.82) is 0 Å². The van der Waals surface area contributed by atoms with E-state index >= 15 is 0 Å². The van der Waals surface area contributed by atoms with E-state index in [-0.39, 0.29) is 11.8 Å². The lowest BCUT2D eigenvalue weighted by Crippen LogP contribution is -2.40. The number of ether oxygens (including phenoxy) is 1. The van der Waals surface area contributed by atoms with Gasteiger partial charge in [-0.05, 0) is 25.0 Å². The van der Waals surface area contributed by atoms with Crippen LogP contribution in [0.5, 0.6) is 0 Å². The van der Waals surface area contributed by atoms with Gasteiger partial charge in [-0.2, -0.15) is 0 Å². The Kier molecular flexibility index (Phi) is 5.45. The number of hydrogen-bond acceptors (Lipinski definition) is 6. The number of carbonyl (C=O) groups excluding carboxylic acids is 1. The third-order valence-corrected chi connectivity index (χ3v) is 5.43. The summed E-state index contributed by atoms with van der Waals surface area (Å²) in [7, 11) is 2.03. The molecule has 4 rings (SSSR count). The minimum atomic E-state index is -0.00370. The summed E-state index contributed by atoms with van der Waals surface area (Å²) in [6.45, 7) is 5.63. The molecule has 0 aliphatic carbocycles. The summed E-state index contributed by atoms with van der Waals surface area (Å²) in [5.74, 6) is 2.15. The summed E-state index contributed by atoms with van der Waals surface area (Å²) in [6, 6.07) is 5.45. The molecular weight excluding hydrogens is 344 g/mol. The van der Waals surface area contributed by atoms with Crippen molar-refractivity contribution in [2.24, 2.45) is 7.05 Å². The third-order valence-electron chi connectivity index (χ3n) is 5.43. The summed E-state index contributed by atoms with van der Waals surface area (Å²) in [5.41, 5.74) is 0.504. The number of carbonyl (C=O) groups is 1. The van der Waals surface area contributed by atoms with E-state index in [1.54, 1.807) is 12.3 Å². The molecule has 0 spiro atoms. The average molecular weight is 370 g/mol. The van der Waals surface area contributed by atoms with E-state index in [2.05, 4.69) is 24.6 Å². The lowest BCUT2D eigenvalue weighted by molar-refractivity contribution is 0.0326. The highest BCUT2D eigenvalue weighted by Crippen LogP contribution is 2.26. The average Bonchev–Trinajstić information content (AvgIpc) is 3.09. The van der Waals surface area contributed by atoms with Gasteiger partial charge in [0.05, 0.1) is 19.8 Å². The van der Waals surface area contributed by atoms with Crippen molar-refractivity contribution >= 4 is 5.91 Å². The lowest BCUT2D eigenvalue weighted by atomic mass is 9.97. The maximum atomic E-state index is 12.7. The first kappa shape index (κ1) is 18.1. The van der Waals surface area contributed by atoms with Gasteiger partial charge in [0.2, 0.25) is 0 Å². The Hall–Kier alpha value is -2.32. The first-order chi connectivity index (χ1) is 13.2. The van der Waals surface area contributed by atoms with Crippen LogP contribution in [-0.4, -0.2) is 74.8 Å². The highest BCUT2D eigenvalue weighted by atomic mass is 16.5. The van der Waals surface area contributed by atoms with Crippen LogP contribution in [0.3, 0.4) is 0 Å². The van der Waals surface area contributed by atoms with Gasteiger partial charge in [-0.1, -0.05) is 6.07 Å². The molecule has 0 bridgehead atoms. The van der Waals surface area contributed by atoms with Gasteiger partial charge in [0.25, 0.3) is 5.91 Å². The van der Waals surface area contributed by atoms with Crippen molar-refractivity contribution in [2.45, 2.75) is 25.3 Å². The molecule has 2 aromatic rings. The molecule has 0 N–H and O–H groups in total. The SMILES string of the molecule is Cn1c(CN2CCOCC2)nnc1[C@H]1CCCN(C(=O)c2ccccn2)C1. The standard InChI is InChI=1S/C19H26N6O2/c1-23-17(14-24-9-11-27-12-10-24)21-22-18(23)15-5-4-8-25(13-15)19(26)16-6-2-3-7-20-16/h2-3,6-7,15H,4-5,8-14H2,1H3/t15-/m0/s1. The van der Waals surface area contributed by atoms with Gasteiger partial charge in [0.15, 0.2) is 0 Å². The predicted molar refractivity (Wildman–Crippen MR) is 99.2 cm³/mol. The molecule has 0 aromatic carbocycles. The molecule has 4 heterocycles. The first-order valence-electron chi connectivity index (χ1n) is 9.61. The molecule has 8 heteroatoms. The Labute approximate surface area is 159 Å². The van der Waals surface area contributed by atoms with E-state index in [0.717, 1.165) is 63.9 Å². The van der Waals surface area contributed by atoms with Crippen molar-refractivity contribution in [3.63, 3.8) is 0 Å². The maximum Gasteiger partial charge on any atom is 0.272 e. The highest BCUT2D eigenvalue weighted by molar-refractivity contribution is 5.92. The molecule has 0 saturated carbocycles. The summed E-state index contributed by atoms with van der Waals surface area (Å²) in [6.07, 6.45) is 3.65. The molecule has 2 saturated heterocycles. The molecular formula is C19H26N6O2. The van der Waals surface area contributed by atoms with Crippen molar-refractivity contribution in [2.75, 3.05) is 39.4 Å². The van der Waals surface area contributed by atoms with E-state index in [9.17, 15) is 4.79 Å². The summed E-state index contributed by atoms with van der Waals surface area (Å²) in [5, 5.41) is 8.90. The molecule has 2 aromatic heterocycles. The summed E-state index contributed by atoms with van der Waals surface area (Å²) in [4.78, 5) is 21.2. The van der Waals surface area contributed by atoms with Crippen LogP contribution in [0, 0.1) is 0 Å². The number of pyridine rings is 1. The second kappa shape index (κ2) is 8.14. The third kappa shape index (κ3) is 4.01. The Balaban J connectivity index is 1.44. The number of amides is 1. The minimum Gasteiger partial charge on any atom is -0.379 e. The van der Waals surface area contributed by atoms with E-state index in [1.165, 1.54) is 0 Å². The number of likely N-dealkylation sites (tertiary alicyclic amines) is 1. The normalized spacial score (nSPS) is 21.4. The number of morpholine rings is 1. The fourth-order valence-electron chi connectivity index (χ4n) is 3.85. The molecule has 2 aliphatic heterocycles. The van der Waals surface area contributed by atoms with Crippen LogP contribution in [0.4, 0.5) is 0 Å². The first-order valence-corrected chi connectivity index (χ1v) is 9.61. The predicted octanol–water partition coefficient (Wildman–Crippen LogP) is 1.06. The molecule has 27 heavy (non-hydrogen) atoms. The van der Waals surface area contributed by atoms with Crippen LogP contribution >= 0.6 is 0 Å². The largest absolute Gasteiger partial charge is 0.379 e. The molecule has 2 aliphatic rings. The number of nitrogens with zero attached hydrogens (tertiary/aromatic N) is 6. The molecule has 144 valence electrons. The van der Waals surface area contributed by atoms with E-state index in [1.807, 2.05) is 24.1 Å². The molecule has 0 unspecified atom stereocenters. The monoisotopic (exact) mass is 370 g/mol. The van der Waals surface area contributed by atoms with Crippen molar-refractivity contribution in [3.05, 3.63) is 41.7 Å². The Morgan fingerprint density at radius 2 is 2.07 bits per heavy atom.